The van der Waals surface area contributed by atoms with Crippen LogP contribution in [0.3, 0.4) is 0 Å². The van der Waals surface area contributed by atoms with Crippen LogP contribution in [-0.2, 0) is 9.53 Å². The standard InChI is InChI=1S/C9H20N2O3/c1-10(2)5-6-11(3)8(7-14-4)9(12)13/h8H,5-7H2,1-4H3,(H,12,13). The third kappa shape index (κ3) is 5.16. The molecule has 0 aromatic rings. The average Bonchev–Trinajstić information content (AvgIpc) is 2.09. The summed E-state index contributed by atoms with van der Waals surface area (Å²) in [5.41, 5.74) is 0. The van der Waals surface area contributed by atoms with Crippen molar-refractivity contribution in [3.63, 3.8) is 0 Å². The average molecular weight is 204 g/mol. The fourth-order valence-electron chi connectivity index (χ4n) is 1.06. The van der Waals surface area contributed by atoms with Gasteiger partial charge in [-0.2, -0.15) is 0 Å². The SMILES string of the molecule is COCC(C(=O)O)N(C)CCN(C)C. The van der Waals surface area contributed by atoms with Gasteiger partial charge in [0, 0.05) is 20.2 Å². The normalized spacial score (nSPS) is 13.6. The summed E-state index contributed by atoms with van der Waals surface area (Å²) in [5, 5.41) is 8.90. The molecule has 0 bridgehead atoms. The highest BCUT2D eigenvalue weighted by Crippen LogP contribution is 1.97. The van der Waals surface area contributed by atoms with Crippen molar-refractivity contribution >= 4 is 5.97 Å². The second-order valence-electron chi connectivity index (χ2n) is 3.59. The number of rotatable bonds is 7. The van der Waals surface area contributed by atoms with E-state index in [-0.39, 0.29) is 6.61 Å². The minimum atomic E-state index is -0.840. The lowest BCUT2D eigenvalue weighted by molar-refractivity contribution is -0.144. The van der Waals surface area contributed by atoms with Gasteiger partial charge in [0.1, 0.15) is 6.04 Å². The Morgan fingerprint density at radius 1 is 1.36 bits per heavy atom. The van der Waals surface area contributed by atoms with Crippen molar-refractivity contribution in [2.24, 2.45) is 0 Å². The molecule has 1 N–H and O–H groups in total. The van der Waals surface area contributed by atoms with Gasteiger partial charge in [0.05, 0.1) is 6.61 Å². The highest BCUT2D eigenvalue weighted by molar-refractivity contribution is 5.73. The Hall–Kier alpha value is -0.650. The van der Waals surface area contributed by atoms with E-state index in [2.05, 4.69) is 0 Å². The second-order valence-corrected chi connectivity index (χ2v) is 3.59. The monoisotopic (exact) mass is 204 g/mol. The van der Waals surface area contributed by atoms with E-state index >= 15 is 0 Å². The number of hydrogen-bond donors (Lipinski definition) is 1. The molecule has 0 aliphatic rings. The number of carboxylic acid groups (broad SMARTS) is 1. The Morgan fingerprint density at radius 2 is 1.93 bits per heavy atom. The highest BCUT2D eigenvalue weighted by atomic mass is 16.5. The van der Waals surface area contributed by atoms with E-state index in [4.69, 9.17) is 9.84 Å². The molecule has 0 radical (unpaired) electrons. The summed E-state index contributed by atoms with van der Waals surface area (Å²) in [7, 11) is 7.22. The molecule has 5 heteroatoms. The smallest absolute Gasteiger partial charge is 0.323 e. The molecule has 0 spiro atoms. The van der Waals surface area contributed by atoms with Crippen LogP contribution in [0.2, 0.25) is 0 Å². The van der Waals surface area contributed by atoms with Crippen LogP contribution in [0.4, 0.5) is 0 Å². The molecule has 14 heavy (non-hydrogen) atoms. The van der Waals surface area contributed by atoms with Crippen molar-refractivity contribution < 1.29 is 14.6 Å². The number of carboxylic acids is 1. The maximum atomic E-state index is 10.8. The number of aliphatic carboxylic acids is 1. The third-order valence-electron chi connectivity index (χ3n) is 2.04. The fourth-order valence-corrected chi connectivity index (χ4v) is 1.06. The number of methoxy groups -OCH3 is 1. The summed E-state index contributed by atoms with van der Waals surface area (Å²) in [6, 6.07) is -0.556. The first-order chi connectivity index (χ1) is 6.49. The molecular weight excluding hydrogens is 184 g/mol. The van der Waals surface area contributed by atoms with Gasteiger partial charge in [-0.05, 0) is 21.1 Å². The summed E-state index contributed by atoms with van der Waals surface area (Å²) < 4.78 is 4.86. The molecule has 0 aromatic heterocycles. The molecule has 0 rings (SSSR count). The van der Waals surface area contributed by atoms with Crippen LogP contribution in [0.15, 0.2) is 0 Å². The Bertz CT molecular complexity index is 173. The van der Waals surface area contributed by atoms with Crippen molar-refractivity contribution in [1.29, 1.82) is 0 Å². The number of ether oxygens (including phenoxy) is 1. The van der Waals surface area contributed by atoms with E-state index in [1.807, 2.05) is 19.0 Å². The van der Waals surface area contributed by atoms with Crippen molar-refractivity contribution in [1.82, 2.24) is 9.80 Å². The molecule has 0 aliphatic heterocycles. The molecule has 0 amide bonds. The van der Waals surface area contributed by atoms with E-state index in [1.54, 1.807) is 11.9 Å². The van der Waals surface area contributed by atoms with Gasteiger partial charge in [0.15, 0.2) is 0 Å². The van der Waals surface area contributed by atoms with Gasteiger partial charge in [-0.1, -0.05) is 0 Å². The summed E-state index contributed by atoms with van der Waals surface area (Å²) in [6.45, 7) is 1.77. The van der Waals surface area contributed by atoms with Gasteiger partial charge < -0.3 is 14.7 Å². The van der Waals surface area contributed by atoms with Crippen molar-refractivity contribution in [3.05, 3.63) is 0 Å². The van der Waals surface area contributed by atoms with Gasteiger partial charge in [-0.25, -0.2) is 0 Å². The second kappa shape index (κ2) is 6.75. The fraction of sp³-hybridized carbons (Fsp3) is 0.889. The van der Waals surface area contributed by atoms with Crippen LogP contribution in [0, 0.1) is 0 Å². The van der Waals surface area contributed by atoms with Crippen molar-refractivity contribution in [2.75, 3.05) is 47.9 Å². The van der Waals surface area contributed by atoms with Gasteiger partial charge >= 0.3 is 5.97 Å². The first-order valence-electron chi connectivity index (χ1n) is 4.55. The Balaban J connectivity index is 4.01. The molecule has 0 fully saturated rings. The topological polar surface area (TPSA) is 53.0 Å². The lowest BCUT2D eigenvalue weighted by Crippen LogP contribution is -2.44. The predicted octanol–water partition coefficient (Wildman–Crippen LogP) is -0.421. The molecule has 0 aliphatic carbocycles. The van der Waals surface area contributed by atoms with Gasteiger partial charge in [0.25, 0.3) is 0 Å². The van der Waals surface area contributed by atoms with Crippen LogP contribution in [0.5, 0.6) is 0 Å². The molecule has 1 unspecified atom stereocenters. The maximum absolute atomic E-state index is 10.8. The molecule has 0 aromatic carbocycles. The lowest BCUT2D eigenvalue weighted by atomic mass is 10.3. The molecule has 1 atom stereocenters. The lowest BCUT2D eigenvalue weighted by Gasteiger charge is -2.25. The summed E-state index contributed by atoms with van der Waals surface area (Å²) in [5.74, 6) is -0.840. The first-order valence-corrected chi connectivity index (χ1v) is 4.55. The summed E-state index contributed by atoms with van der Waals surface area (Å²) >= 11 is 0. The molecule has 0 heterocycles. The molecular formula is C9H20N2O3. The van der Waals surface area contributed by atoms with E-state index in [1.165, 1.54) is 7.11 Å². The van der Waals surface area contributed by atoms with Gasteiger partial charge in [-0.15, -0.1) is 0 Å². The zero-order valence-corrected chi connectivity index (χ0v) is 9.36. The molecule has 84 valence electrons. The molecule has 5 nitrogen and oxygen atoms in total. The van der Waals surface area contributed by atoms with E-state index in [9.17, 15) is 4.79 Å². The summed E-state index contributed by atoms with van der Waals surface area (Å²) in [4.78, 5) is 14.6. The minimum Gasteiger partial charge on any atom is -0.480 e. The number of hydrogen-bond acceptors (Lipinski definition) is 4. The maximum Gasteiger partial charge on any atom is 0.323 e. The Kier molecular flexibility index (Phi) is 6.44. The van der Waals surface area contributed by atoms with Crippen LogP contribution in [-0.4, -0.2) is 74.9 Å². The van der Waals surface area contributed by atoms with Gasteiger partial charge in [-0.3, -0.25) is 9.69 Å². The predicted molar refractivity (Wildman–Crippen MR) is 54.5 cm³/mol. The van der Waals surface area contributed by atoms with E-state index < -0.39 is 12.0 Å². The molecule has 0 saturated heterocycles. The van der Waals surface area contributed by atoms with E-state index in [0.717, 1.165) is 6.54 Å². The minimum absolute atomic E-state index is 0.221. The number of likely N-dealkylation sites (N-methyl/N-ethyl adjacent to an activating group) is 2. The quantitative estimate of drug-likeness (QED) is 0.610. The first kappa shape index (κ1) is 13.4. The van der Waals surface area contributed by atoms with Crippen LogP contribution < -0.4 is 0 Å². The van der Waals surface area contributed by atoms with Crippen LogP contribution in [0.25, 0.3) is 0 Å². The Morgan fingerprint density at radius 3 is 2.29 bits per heavy atom. The van der Waals surface area contributed by atoms with Crippen LogP contribution in [0.1, 0.15) is 0 Å². The van der Waals surface area contributed by atoms with Crippen LogP contribution >= 0.6 is 0 Å². The number of nitrogens with zero attached hydrogens (tertiary/aromatic N) is 2. The Labute approximate surface area is 85.2 Å². The zero-order valence-electron chi connectivity index (χ0n) is 9.36. The highest BCUT2D eigenvalue weighted by Gasteiger charge is 2.21. The van der Waals surface area contributed by atoms with Crippen molar-refractivity contribution in [3.8, 4) is 0 Å². The molecule has 0 saturated carbocycles. The summed E-state index contributed by atoms with van der Waals surface area (Å²) in [6.07, 6.45) is 0. The van der Waals surface area contributed by atoms with Gasteiger partial charge in [0.2, 0.25) is 0 Å². The third-order valence-corrected chi connectivity index (χ3v) is 2.04. The van der Waals surface area contributed by atoms with Crippen molar-refractivity contribution in [2.45, 2.75) is 6.04 Å². The van der Waals surface area contributed by atoms with E-state index in [0.29, 0.717) is 6.54 Å². The largest absolute Gasteiger partial charge is 0.480 e. The number of carbonyl (C=O) groups is 1. The zero-order chi connectivity index (χ0) is 11.1.